The lowest BCUT2D eigenvalue weighted by atomic mass is 10.1. The number of carbonyl (C=O) groups excluding carboxylic acids is 2. The zero-order chi connectivity index (χ0) is 23.9. The van der Waals surface area contributed by atoms with Gasteiger partial charge in [-0.25, -0.2) is 8.42 Å². The monoisotopic (exact) mass is 482 g/mol. The van der Waals surface area contributed by atoms with Gasteiger partial charge < -0.3 is 19.9 Å². The van der Waals surface area contributed by atoms with Gasteiger partial charge in [-0.05, 0) is 43.2 Å². The fourth-order valence-corrected chi connectivity index (χ4v) is 5.86. The molecule has 0 spiro atoms. The van der Waals surface area contributed by atoms with Gasteiger partial charge in [-0.15, -0.1) is 0 Å². The summed E-state index contributed by atoms with van der Waals surface area (Å²) < 4.78 is 33.2. The number of aromatic nitrogens is 1. The minimum Gasteiger partial charge on any atom is -0.479 e. The smallest absolute Gasteiger partial charge is 0.265 e. The van der Waals surface area contributed by atoms with Crippen LogP contribution in [0.25, 0.3) is 10.9 Å². The van der Waals surface area contributed by atoms with E-state index in [1.807, 2.05) is 30.5 Å². The molecule has 1 fully saturated rings. The minimum absolute atomic E-state index is 0.0186. The first-order valence-corrected chi connectivity index (χ1v) is 12.7. The van der Waals surface area contributed by atoms with E-state index >= 15 is 0 Å². The van der Waals surface area contributed by atoms with E-state index in [9.17, 15) is 18.0 Å². The van der Waals surface area contributed by atoms with E-state index in [-0.39, 0.29) is 29.8 Å². The van der Waals surface area contributed by atoms with Crippen molar-refractivity contribution in [3.05, 3.63) is 54.2 Å². The SMILES string of the molecule is C[C@H]1Oc2ccc(S(=O)(=O)N3CCN(C(=O)CCc4c[nH]c5ccccc45)CC3)cc2NC1=O. The quantitative estimate of drug-likeness (QED) is 0.580. The molecule has 0 unspecified atom stereocenters. The van der Waals surface area contributed by atoms with Crippen molar-refractivity contribution in [2.24, 2.45) is 0 Å². The number of nitrogens with zero attached hydrogens (tertiary/aromatic N) is 2. The third kappa shape index (κ3) is 4.14. The molecule has 1 aromatic heterocycles. The summed E-state index contributed by atoms with van der Waals surface area (Å²) in [5.74, 6) is 0.142. The lowest BCUT2D eigenvalue weighted by molar-refractivity contribution is -0.132. The van der Waals surface area contributed by atoms with E-state index in [4.69, 9.17) is 4.74 Å². The van der Waals surface area contributed by atoms with Crippen LogP contribution in [0.5, 0.6) is 5.75 Å². The van der Waals surface area contributed by atoms with Crippen molar-refractivity contribution < 1.29 is 22.7 Å². The molecule has 34 heavy (non-hydrogen) atoms. The van der Waals surface area contributed by atoms with Gasteiger partial charge in [0.25, 0.3) is 5.91 Å². The molecule has 2 aromatic carbocycles. The number of piperazine rings is 1. The first-order valence-electron chi connectivity index (χ1n) is 11.3. The highest BCUT2D eigenvalue weighted by molar-refractivity contribution is 7.89. The molecule has 178 valence electrons. The van der Waals surface area contributed by atoms with Crippen molar-refractivity contribution in [2.45, 2.75) is 30.8 Å². The zero-order valence-corrected chi connectivity index (χ0v) is 19.6. The van der Waals surface area contributed by atoms with Gasteiger partial charge in [-0.1, -0.05) is 18.2 Å². The summed E-state index contributed by atoms with van der Waals surface area (Å²) in [6.07, 6.45) is 2.31. The largest absolute Gasteiger partial charge is 0.479 e. The maximum absolute atomic E-state index is 13.2. The minimum atomic E-state index is -3.76. The number of hydrogen-bond donors (Lipinski definition) is 2. The number of sulfonamides is 1. The first-order chi connectivity index (χ1) is 16.3. The fraction of sp³-hybridized carbons (Fsp3) is 0.333. The number of H-pyrrole nitrogens is 1. The maximum Gasteiger partial charge on any atom is 0.265 e. The van der Waals surface area contributed by atoms with Gasteiger partial charge in [0.2, 0.25) is 15.9 Å². The van der Waals surface area contributed by atoms with Gasteiger partial charge >= 0.3 is 0 Å². The predicted octanol–water partition coefficient (Wildman–Crippen LogP) is 2.35. The summed E-state index contributed by atoms with van der Waals surface area (Å²) in [4.78, 5) is 29.7. The number of aryl methyl sites for hydroxylation is 1. The normalized spacial score (nSPS) is 18.9. The third-order valence-electron chi connectivity index (χ3n) is 6.39. The summed E-state index contributed by atoms with van der Waals surface area (Å²) in [7, 11) is -3.76. The predicted molar refractivity (Wildman–Crippen MR) is 127 cm³/mol. The molecule has 0 radical (unpaired) electrons. The molecule has 2 amide bonds. The van der Waals surface area contributed by atoms with Gasteiger partial charge in [0.05, 0.1) is 10.6 Å². The third-order valence-corrected chi connectivity index (χ3v) is 8.29. The Hall–Kier alpha value is -3.37. The van der Waals surface area contributed by atoms with Crippen LogP contribution in [-0.2, 0) is 26.0 Å². The standard InChI is InChI=1S/C24H26N4O5S/c1-16-24(30)26-21-14-18(7-8-22(21)33-16)34(31,32)28-12-10-27(11-13-28)23(29)9-6-17-15-25-20-5-3-2-4-19(17)20/h2-5,7-8,14-16,25H,6,9-13H2,1H3,(H,26,30)/t16-/m1/s1. The average Bonchev–Trinajstić information content (AvgIpc) is 3.26. The van der Waals surface area contributed by atoms with Gasteiger partial charge in [-0.2, -0.15) is 4.31 Å². The van der Waals surface area contributed by atoms with Crippen LogP contribution in [0.2, 0.25) is 0 Å². The maximum atomic E-state index is 13.2. The Balaban J connectivity index is 1.20. The molecule has 3 aromatic rings. The van der Waals surface area contributed by atoms with Crippen LogP contribution in [0.3, 0.4) is 0 Å². The number of rotatable bonds is 5. The number of ether oxygens (including phenoxy) is 1. The fourth-order valence-electron chi connectivity index (χ4n) is 4.41. The molecule has 1 atom stereocenters. The van der Waals surface area contributed by atoms with Crippen LogP contribution in [-0.4, -0.2) is 66.7 Å². The number of benzene rings is 2. The second kappa shape index (κ2) is 8.77. The topological polar surface area (TPSA) is 112 Å². The summed E-state index contributed by atoms with van der Waals surface area (Å²) in [6, 6.07) is 12.5. The Morgan fingerprint density at radius 2 is 1.88 bits per heavy atom. The highest BCUT2D eigenvalue weighted by atomic mass is 32.2. The van der Waals surface area contributed by atoms with Crippen LogP contribution < -0.4 is 10.1 Å². The van der Waals surface area contributed by atoms with E-state index in [1.54, 1.807) is 17.9 Å². The molecule has 10 heteroatoms. The lowest BCUT2D eigenvalue weighted by Crippen LogP contribution is -2.50. The Bertz CT molecular complexity index is 1360. The number of para-hydroxylation sites is 1. The Morgan fingerprint density at radius 1 is 1.12 bits per heavy atom. The van der Waals surface area contributed by atoms with Crippen LogP contribution in [0.15, 0.2) is 53.6 Å². The van der Waals surface area contributed by atoms with Gasteiger partial charge in [0.15, 0.2) is 6.10 Å². The van der Waals surface area contributed by atoms with Crippen molar-refractivity contribution >= 4 is 38.4 Å². The number of amides is 2. The average molecular weight is 483 g/mol. The van der Waals surface area contributed by atoms with E-state index in [0.717, 1.165) is 16.5 Å². The summed E-state index contributed by atoms with van der Waals surface area (Å²) in [5.41, 5.74) is 2.49. The summed E-state index contributed by atoms with van der Waals surface area (Å²) in [5, 5.41) is 3.80. The van der Waals surface area contributed by atoms with Crippen molar-refractivity contribution in [3.63, 3.8) is 0 Å². The zero-order valence-electron chi connectivity index (χ0n) is 18.8. The van der Waals surface area contributed by atoms with Crippen molar-refractivity contribution in [2.75, 3.05) is 31.5 Å². The molecular formula is C24H26N4O5S. The molecule has 9 nitrogen and oxygen atoms in total. The lowest BCUT2D eigenvalue weighted by Gasteiger charge is -2.34. The molecule has 3 heterocycles. The molecule has 2 aliphatic heterocycles. The van der Waals surface area contributed by atoms with Gasteiger partial charge in [0.1, 0.15) is 5.75 Å². The number of hydrogen-bond acceptors (Lipinski definition) is 5. The Kier molecular flexibility index (Phi) is 5.78. The number of nitrogens with one attached hydrogen (secondary N) is 2. The summed E-state index contributed by atoms with van der Waals surface area (Å²) >= 11 is 0. The highest BCUT2D eigenvalue weighted by Gasteiger charge is 2.32. The van der Waals surface area contributed by atoms with Crippen LogP contribution in [0.4, 0.5) is 5.69 Å². The van der Waals surface area contributed by atoms with Crippen molar-refractivity contribution in [1.82, 2.24) is 14.2 Å². The molecule has 0 aliphatic carbocycles. The Labute approximate surface area is 197 Å². The van der Waals surface area contributed by atoms with E-state index in [1.165, 1.54) is 16.4 Å². The molecule has 0 bridgehead atoms. The molecule has 1 saturated heterocycles. The molecule has 2 N–H and O–H groups in total. The molecular weight excluding hydrogens is 456 g/mol. The number of aromatic amines is 1. The number of carbonyl (C=O) groups is 2. The second-order valence-electron chi connectivity index (χ2n) is 8.55. The second-order valence-corrected chi connectivity index (χ2v) is 10.5. The Morgan fingerprint density at radius 3 is 2.68 bits per heavy atom. The summed E-state index contributed by atoms with van der Waals surface area (Å²) in [6.45, 7) is 2.75. The van der Waals surface area contributed by atoms with Crippen LogP contribution >= 0.6 is 0 Å². The first kappa shape index (κ1) is 22.4. The molecule has 2 aliphatic rings. The molecule has 5 rings (SSSR count). The van der Waals surface area contributed by atoms with E-state index in [0.29, 0.717) is 37.4 Å². The van der Waals surface area contributed by atoms with E-state index in [2.05, 4.69) is 10.3 Å². The number of fused-ring (bicyclic) bond motifs is 2. The van der Waals surface area contributed by atoms with Crippen molar-refractivity contribution in [1.29, 1.82) is 0 Å². The molecule has 0 saturated carbocycles. The number of anilines is 1. The highest BCUT2D eigenvalue weighted by Crippen LogP contribution is 2.33. The van der Waals surface area contributed by atoms with Crippen molar-refractivity contribution in [3.8, 4) is 5.75 Å². The van der Waals surface area contributed by atoms with Gasteiger partial charge in [0, 0.05) is 49.7 Å². The van der Waals surface area contributed by atoms with Crippen LogP contribution in [0, 0.1) is 0 Å². The van der Waals surface area contributed by atoms with Crippen LogP contribution in [0.1, 0.15) is 18.9 Å². The van der Waals surface area contributed by atoms with Gasteiger partial charge in [-0.3, -0.25) is 9.59 Å². The van der Waals surface area contributed by atoms with E-state index < -0.39 is 16.1 Å².